The number of carbonyl (C=O) groups excluding carboxylic acids is 3. The Balaban J connectivity index is 1.93. The Kier molecular flexibility index (Phi) is 7.00. The summed E-state index contributed by atoms with van der Waals surface area (Å²) in [5.74, 6) is -1.81. The van der Waals surface area contributed by atoms with E-state index in [1.165, 1.54) is 12.1 Å². The quantitative estimate of drug-likeness (QED) is 0.735. The molecule has 27 heavy (non-hydrogen) atoms. The molecular weight excluding hydrogens is 373 g/mol. The molecule has 7 nitrogen and oxygen atoms in total. The molecule has 0 saturated heterocycles. The maximum Gasteiger partial charge on any atom is 0.350 e. The Bertz CT molecular complexity index is 836. The lowest BCUT2D eigenvalue weighted by Gasteiger charge is -2.11. The predicted octanol–water partition coefficient (Wildman–Crippen LogP) is 3.04. The molecule has 1 aromatic carbocycles. The number of thiazole rings is 1. The van der Waals surface area contributed by atoms with E-state index in [-0.39, 0.29) is 16.7 Å². The van der Waals surface area contributed by atoms with E-state index in [9.17, 15) is 18.8 Å². The van der Waals surface area contributed by atoms with Gasteiger partial charge in [-0.1, -0.05) is 6.92 Å². The van der Waals surface area contributed by atoms with Gasteiger partial charge in [-0.25, -0.2) is 19.0 Å². The summed E-state index contributed by atoms with van der Waals surface area (Å²) in [5.41, 5.74) is 1.11. The van der Waals surface area contributed by atoms with Gasteiger partial charge in [0.15, 0.2) is 6.61 Å². The maximum atomic E-state index is 13.0. The van der Waals surface area contributed by atoms with Crippen molar-refractivity contribution in [3.05, 3.63) is 40.7 Å². The molecule has 1 heterocycles. The largest absolute Gasteiger partial charge is 0.451 e. The molecule has 0 aliphatic carbocycles. The van der Waals surface area contributed by atoms with Crippen molar-refractivity contribution in [3.8, 4) is 10.6 Å². The molecule has 0 spiro atoms. The van der Waals surface area contributed by atoms with Crippen LogP contribution < -0.4 is 10.6 Å². The van der Waals surface area contributed by atoms with Crippen molar-refractivity contribution in [3.63, 3.8) is 0 Å². The number of benzene rings is 1. The Morgan fingerprint density at radius 1 is 1.26 bits per heavy atom. The van der Waals surface area contributed by atoms with Gasteiger partial charge in [0.1, 0.15) is 15.7 Å². The molecule has 9 heteroatoms. The first-order valence-corrected chi connectivity index (χ1v) is 9.12. The third-order valence-corrected chi connectivity index (χ3v) is 4.84. The molecule has 0 aliphatic heterocycles. The first kappa shape index (κ1) is 20.5. The molecular formula is C18H20FN3O4S. The number of urea groups is 1. The highest BCUT2D eigenvalue weighted by Crippen LogP contribution is 2.28. The number of imide groups is 1. The number of rotatable bonds is 6. The van der Waals surface area contributed by atoms with Crippen LogP contribution in [0.2, 0.25) is 0 Å². The Morgan fingerprint density at radius 2 is 1.93 bits per heavy atom. The number of ether oxygens (including phenoxy) is 1. The molecule has 0 radical (unpaired) electrons. The van der Waals surface area contributed by atoms with Gasteiger partial charge >= 0.3 is 12.0 Å². The summed E-state index contributed by atoms with van der Waals surface area (Å²) in [6.07, 6.45) is 0.720. The molecule has 144 valence electrons. The molecule has 0 aliphatic rings. The SMILES string of the molecule is CC[C@H](C)NC(=O)NC(=O)COC(=O)c1sc(-c2ccc(F)cc2)nc1C. The number of nitrogens with zero attached hydrogens (tertiary/aromatic N) is 1. The zero-order valence-corrected chi connectivity index (χ0v) is 16.0. The minimum absolute atomic E-state index is 0.0786. The van der Waals surface area contributed by atoms with Gasteiger partial charge in [0, 0.05) is 11.6 Å². The minimum Gasteiger partial charge on any atom is -0.451 e. The third-order valence-electron chi connectivity index (χ3n) is 3.65. The van der Waals surface area contributed by atoms with Crippen LogP contribution in [-0.2, 0) is 9.53 Å². The van der Waals surface area contributed by atoms with Gasteiger partial charge < -0.3 is 10.1 Å². The first-order chi connectivity index (χ1) is 12.8. The van der Waals surface area contributed by atoms with Gasteiger partial charge in [0.25, 0.3) is 5.91 Å². The average Bonchev–Trinajstić information content (AvgIpc) is 3.01. The Labute approximate surface area is 159 Å². The molecule has 0 fully saturated rings. The molecule has 2 aromatic rings. The summed E-state index contributed by atoms with van der Waals surface area (Å²) < 4.78 is 18.0. The molecule has 0 bridgehead atoms. The summed E-state index contributed by atoms with van der Waals surface area (Å²) in [5, 5.41) is 5.20. The van der Waals surface area contributed by atoms with Gasteiger partial charge in [-0.15, -0.1) is 11.3 Å². The summed E-state index contributed by atoms with van der Waals surface area (Å²) in [6, 6.07) is 5.01. The minimum atomic E-state index is -0.731. The number of nitrogens with one attached hydrogen (secondary N) is 2. The topological polar surface area (TPSA) is 97.4 Å². The second-order valence-corrected chi connectivity index (χ2v) is 6.85. The fourth-order valence-electron chi connectivity index (χ4n) is 2.02. The van der Waals surface area contributed by atoms with Crippen LogP contribution in [0, 0.1) is 12.7 Å². The van der Waals surface area contributed by atoms with Gasteiger partial charge in [-0.3, -0.25) is 10.1 Å². The van der Waals surface area contributed by atoms with Crippen LogP contribution in [0.3, 0.4) is 0 Å². The van der Waals surface area contributed by atoms with Crippen molar-refractivity contribution in [1.82, 2.24) is 15.6 Å². The van der Waals surface area contributed by atoms with Crippen molar-refractivity contribution in [2.45, 2.75) is 33.2 Å². The van der Waals surface area contributed by atoms with Crippen LogP contribution in [0.1, 0.15) is 35.6 Å². The second-order valence-electron chi connectivity index (χ2n) is 5.85. The van der Waals surface area contributed by atoms with Crippen LogP contribution in [-0.4, -0.2) is 35.5 Å². The lowest BCUT2D eigenvalue weighted by atomic mass is 10.2. The van der Waals surface area contributed by atoms with Crippen LogP contribution in [0.4, 0.5) is 9.18 Å². The maximum absolute atomic E-state index is 13.0. The summed E-state index contributed by atoms with van der Waals surface area (Å²) in [7, 11) is 0. The lowest BCUT2D eigenvalue weighted by molar-refractivity contribution is -0.123. The van der Waals surface area contributed by atoms with E-state index in [2.05, 4.69) is 15.6 Å². The zero-order valence-electron chi connectivity index (χ0n) is 15.2. The monoisotopic (exact) mass is 393 g/mol. The van der Waals surface area contributed by atoms with E-state index < -0.39 is 24.5 Å². The van der Waals surface area contributed by atoms with Crippen LogP contribution >= 0.6 is 11.3 Å². The van der Waals surface area contributed by atoms with Crippen molar-refractivity contribution < 1.29 is 23.5 Å². The zero-order chi connectivity index (χ0) is 20.0. The summed E-state index contributed by atoms with van der Waals surface area (Å²) >= 11 is 1.08. The average molecular weight is 393 g/mol. The van der Waals surface area contributed by atoms with E-state index in [0.29, 0.717) is 16.3 Å². The van der Waals surface area contributed by atoms with E-state index >= 15 is 0 Å². The second kappa shape index (κ2) is 9.22. The molecule has 2 N–H and O–H groups in total. The molecule has 0 saturated carbocycles. The molecule has 3 amide bonds. The number of hydrogen-bond acceptors (Lipinski definition) is 6. The third kappa shape index (κ3) is 5.85. The highest BCUT2D eigenvalue weighted by molar-refractivity contribution is 7.17. The summed E-state index contributed by atoms with van der Waals surface area (Å²) in [4.78, 5) is 40.0. The predicted molar refractivity (Wildman–Crippen MR) is 99.0 cm³/mol. The van der Waals surface area contributed by atoms with E-state index in [1.807, 2.05) is 6.92 Å². The number of amides is 3. The summed E-state index contributed by atoms with van der Waals surface area (Å²) in [6.45, 7) is 4.75. The number of hydrogen-bond donors (Lipinski definition) is 2. The van der Waals surface area contributed by atoms with Crippen LogP contribution in [0.5, 0.6) is 0 Å². The van der Waals surface area contributed by atoms with Gasteiger partial charge in [-0.05, 0) is 44.5 Å². The number of esters is 1. The van der Waals surface area contributed by atoms with E-state index in [0.717, 1.165) is 17.8 Å². The van der Waals surface area contributed by atoms with Crippen molar-refractivity contribution in [2.24, 2.45) is 0 Å². The normalized spacial score (nSPS) is 11.6. The fraction of sp³-hybridized carbons (Fsp3) is 0.333. The standard InChI is InChI=1S/C18H20FN3O4S/c1-4-10(2)20-18(25)22-14(23)9-26-17(24)15-11(3)21-16(27-15)12-5-7-13(19)8-6-12/h5-8,10H,4,9H2,1-3H3,(H2,20,22,23,25)/t10-/m0/s1. The number of aryl methyl sites for hydroxylation is 1. The van der Waals surface area contributed by atoms with Crippen LogP contribution in [0.25, 0.3) is 10.6 Å². The number of aromatic nitrogens is 1. The van der Waals surface area contributed by atoms with Crippen molar-refractivity contribution >= 4 is 29.2 Å². The molecule has 1 atom stereocenters. The highest BCUT2D eigenvalue weighted by atomic mass is 32.1. The Morgan fingerprint density at radius 3 is 2.56 bits per heavy atom. The molecule has 0 unspecified atom stereocenters. The lowest BCUT2D eigenvalue weighted by Crippen LogP contribution is -2.44. The highest BCUT2D eigenvalue weighted by Gasteiger charge is 2.19. The van der Waals surface area contributed by atoms with Crippen LogP contribution in [0.15, 0.2) is 24.3 Å². The smallest absolute Gasteiger partial charge is 0.350 e. The van der Waals surface area contributed by atoms with Gasteiger partial charge in [-0.2, -0.15) is 0 Å². The Hall–Kier alpha value is -2.81. The van der Waals surface area contributed by atoms with Crippen molar-refractivity contribution in [2.75, 3.05) is 6.61 Å². The van der Waals surface area contributed by atoms with Gasteiger partial charge in [0.2, 0.25) is 0 Å². The number of halogens is 1. The molecule has 1 aromatic heterocycles. The number of carbonyl (C=O) groups is 3. The van der Waals surface area contributed by atoms with Gasteiger partial charge in [0.05, 0.1) is 5.69 Å². The van der Waals surface area contributed by atoms with E-state index in [4.69, 9.17) is 4.74 Å². The first-order valence-electron chi connectivity index (χ1n) is 8.31. The van der Waals surface area contributed by atoms with Crippen molar-refractivity contribution in [1.29, 1.82) is 0 Å². The fourth-order valence-corrected chi connectivity index (χ4v) is 2.99. The van der Waals surface area contributed by atoms with E-state index in [1.54, 1.807) is 26.0 Å². The molecule has 2 rings (SSSR count).